The first-order chi connectivity index (χ1) is 12.8. The van der Waals surface area contributed by atoms with E-state index in [9.17, 15) is 14.4 Å². The molecule has 1 aromatic carbocycles. The van der Waals surface area contributed by atoms with Crippen molar-refractivity contribution in [2.24, 2.45) is 23.1 Å². The van der Waals surface area contributed by atoms with Crippen LogP contribution in [0, 0.1) is 5.92 Å². The number of phenols is 1. The van der Waals surface area contributed by atoms with Gasteiger partial charge in [0.2, 0.25) is 0 Å². The zero-order valence-corrected chi connectivity index (χ0v) is 16.3. The fourth-order valence-corrected chi connectivity index (χ4v) is 1.47. The molecule has 0 aliphatic heterocycles. The molecule has 4 unspecified atom stereocenters. The van der Waals surface area contributed by atoms with Gasteiger partial charge >= 0.3 is 17.9 Å². The highest BCUT2D eigenvalue weighted by atomic mass is 16.4. The molecule has 0 spiro atoms. The van der Waals surface area contributed by atoms with E-state index in [1.165, 1.54) is 19.1 Å². The molecule has 1 aromatic rings. The second-order valence-corrected chi connectivity index (χ2v) is 6.19. The number of phenolic OH excluding ortho intramolecular Hbond substituents is 1. The maximum Gasteiger partial charge on any atom is 0.320 e. The lowest BCUT2D eigenvalue weighted by Crippen LogP contribution is -2.36. The van der Waals surface area contributed by atoms with Gasteiger partial charge < -0.3 is 37.6 Å². The largest absolute Gasteiger partial charge is 0.508 e. The number of hydrogen-bond donors (Lipinski definition) is 7. The Bertz CT molecular complexity index is 606. The second kappa shape index (κ2) is 14.4. The number of aliphatic carboxylic acids is 3. The van der Waals surface area contributed by atoms with Crippen LogP contribution in [0.15, 0.2) is 24.3 Å². The van der Waals surface area contributed by atoms with Crippen molar-refractivity contribution >= 4 is 17.9 Å². The Morgan fingerprint density at radius 1 is 0.893 bits per heavy atom. The van der Waals surface area contributed by atoms with E-state index < -0.39 is 36.0 Å². The Morgan fingerprint density at radius 3 is 1.57 bits per heavy atom. The van der Waals surface area contributed by atoms with Crippen LogP contribution in [0.4, 0.5) is 0 Å². The normalized spacial score (nSPS) is 14.1. The number of rotatable bonds is 7. The minimum Gasteiger partial charge on any atom is -0.508 e. The fraction of sp³-hybridized carbons (Fsp3) is 0.500. The maximum atomic E-state index is 10.4. The number of carbonyl (C=O) groups is 3. The van der Waals surface area contributed by atoms with E-state index in [4.69, 9.17) is 37.6 Å². The smallest absolute Gasteiger partial charge is 0.320 e. The molecule has 0 amide bonds. The zero-order valence-electron chi connectivity index (χ0n) is 16.3. The molecule has 0 bridgehead atoms. The van der Waals surface area contributed by atoms with Crippen LogP contribution in [0.3, 0.4) is 0 Å². The average Bonchev–Trinajstić information content (AvgIpc) is 2.63. The van der Waals surface area contributed by atoms with E-state index in [1.54, 1.807) is 12.1 Å². The third kappa shape index (κ3) is 13.5. The lowest BCUT2D eigenvalue weighted by molar-refractivity contribution is -0.140. The van der Waals surface area contributed by atoms with E-state index in [2.05, 4.69) is 0 Å². The monoisotopic (exact) mass is 401 g/mol. The van der Waals surface area contributed by atoms with Crippen molar-refractivity contribution in [3.63, 3.8) is 0 Å². The predicted octanol–water partition coefficient (Wildman–Crippen LogP) is 0.209. The molecule has 0 radical (unpaired) electrons. The lowest BCUT2D eigenvalue weighted by Gasteiger charge is -2.11. The molecule has 0 aromatic heterocycles. The van der Waals surface area contributed by atoms with E-state index in [0.717, 1.165) is 12.0 Å². The van der Waals surface area contributed by atoms with Gasteiger partial charge in [-0.15, -0.1) is 0 Å². The van der Waals surface area contributed by atoms with Crippen LogP contribution < -0.4 is 17.2 Å². The highest BCUT2D eigenvalue weighted by Gasteiger charge is 2.17. The predicted molar refractivity (Wildman–Crippen MR) is 104 cm³/mol. The molecule has 160 valence electrons. The summed E-state index contributed by atoms with van der Waals surface area (Å²) in [7, 11) is 0. The summed E-state index contributed by atoms with van der Waals surface area (Å²) in [4.78, 5) is 30.1. The van der Waals surface area contributed by atoms with Gasteiger partial charge in [-0.3, -0.25) is 14.4 Å². The quantitative estimate of drug-likeness (QED) is 0.330. The van der Waals surface area contributed by atoms with E-state index in [0.29, 0.717) is 0 Å². The third-order valence-corrected chi connectivity index (χ3v) is 3.64. The van der Waals surface area contributed by atoms with Gasteiger partial charge in [0.25, 0.3) is 0 Å². The highest BCUT2D eigenvalue weighted by Crippen LogP contribution is 2.10. The van der Waals surface area contributed by atoms with Gasteiger partial charge in [-0.2, -0.15) is 0 Å². The molecule has 0 saturated heterocycles. The van der Waals surface area contributed by atoms with Crippen LogP contribution >= 0.6 is 0 Å². The molecule has 10 nitrogen and oxygen atoms in total. The molecule has 10 heteroatoms. The van der Waals surface area contributed by atoms with Crippen molar-refractivity contribution in [1.82, 2.24) is 0 Å². The first kappa shape index (κ1) is 27.5. The zero-order chi connectivity index (χ0) is 22.4. The SMILES string of the molecule is CC(N)C(=O)O.CCC(C)C(N)C(=O)O.NC(Cc1ccc(O)cc1)C(=O)O. The third-order valence-electron chi connectivity index (χ3n) is 3.64. The number of benzene rings is 1. The molecule has 0 aliphatic rings. The lowest BCUT2D eigenvalue weighted by atomic mass is 10.0. The fourth-order valence-electron chi connectivity index (χ4n) is 1.47. The molecule has 4 atom stereocenters. The second-order valence-electron chi connectivity index (χ2n) is 6.19. The summed E-state index contributed by atoms with van der Waals surface area (Å²) >= 11 is 0. The number of aromatic hydroxyl groups is 1. The molecule has 0 aliphatic carbocycles. The first-order valence-corrected chi connectivity index (χ1v) is 8.56. The Hall–Kier alpha value is -2.69. The van der Waals surface area contributed by atoms with Crippen molar-refractivity contribution in [3.05, 3.63) is 29.8 Å². The average molecular weight is 401 g/mol. The maximum absolute atomic E-state index is 10.4. The van der Waals surface area contributed by atoms with Gasteiger partial charge in [-0.05, 0) is 37.0 Å². The van der Waals surface area contributed by atoms with Gasteiger partial charge in [0.15, 0.2) is 0 Å². The molecule has 0 saturated carbocycles. The van der Waals surface area contributed by atoms with E-state index >= 15 is 0 Å². The molecule has 0 heterocycles. The minimum atomic E-state index is -1.02. The highest BCUT2D eigenvalue weighted by molar-refractivity contribution is 5.74. The number of hydrogen-bond acceptors (Lipinski definition) is 7. The van der Waals surface area contributed by atoms with Crippen LogP contribution in [0.25, 0.3) is 0 Å². The van der Waals surface area contributed by atoms with E-state index in [1.807, 2.05) is 13.8 Å². The summed E-state index contributed by atoms with van der Waals surface area (Å²) in [6.07, 6.45) is 1.09. The summed E-state index contributed by atoms with van der Waals surface area (Å²) in [6.45, 7) is 5.18. The van der Waals surface area contributed by atoms with Gasteiger partial charge in [-0.1, -0.05) is 32.4 Å². The van der Waals surface area contributed by atoms with Crippen LogP contribution in [0.2, 0.25) is 0 Å². The Labute approximate surface area is 164 Å². The van der Waals surface area contributed by atoms with Crippen LogP contribution in [-0.4, -0.2) is 56.5 Å². The van der Waals surface area contributed by atoms with Crippen molar-refractivity contribution in [1.29, 1.82) is 0 Å². The van der Waals surface area contributed by atoms with Crippen molar-refractivity contribution in [2.45, 2.75) is 51.7 Å². The van der Waals surface area contributed by atoms with Crippen LogP contribution in [0.1, 0.15) is 32.8 Å². The number of carboxylic acids is 3. The summed E-state index contributed by atoms with van der Waals surface area (Å²) < 4.78 is 0. The van der Waals surface area contributed by atoms with Crippen LogP contribution in [0.5, 0.6) is 5.75 Å². The molecule has 10 N–H and O–H groups in total. The standard InChI is InChI=1S/C9H11NO3.C6H13NO2.C3H7NO2/c10-8(9(12)13)5-6-1-3-7(11)4-2-6;1-3-4(2)5(7)6(8)9;1-2(4)3(5)6/h1-4,8,11H,5,10H2,(H,12,13);4-5H,3,7H2,1-2H3,(H,8,9);2H,4H2,1H3,(H,5,6). The van der Waals surface area contributed by atoms with Crippen LogP contribution in [-0.2, 0) is 20.8 Å². The molecular formula is C18H31N3O7. The van der Waals surface area contributed by atoms with Gasteiger partial charge in [-0.25, -0.2) is 0 Å². The topological polar surface area (TPSA) is 210 Å². The molecule has 0 fully saturated rings. The number of nitrogens with two attached hydrogens (primary N) is 3. The minimum absolute atomic E-state index is 0.0718. The molecule has 1 rings (SSSR count). The van der Waals surface area contributed by atoms with Crippen molar-refractivity contribution in [3.8, 4) is 5.75 Å². The summed E-state index contributed by atoms with van der Waals surface area (Å²) in [6, 6.07) is 3.99. The van der Waals surface area contributed by atoms with Crippen molar-refractivity contribution in [2.75, 3.05) is 0 Å². The molecular weight excluding hydrogens is 370 g/mol. The van der Waals surface area contributed by atoms with Gasteiger partial charge in [0.05, 0.1) is 0 Å². The Morgan fingerprint density at radius 2 is 1.32 bits per heavy atom. The van der Waals surface area contributed by atoms with E-state index in [-0.39, 0.29) is 18.1 Å². The Balaban J connectivity index is 0. The summed E-state index contributed by atoms with van der Waals surface area (Å²) in [5.74, 6) is -2.66. The van der Waals surface area contributed by atoms with Gasteiger partial charge in [0, 0.05) is 0 Å². The summed E-state index contributed by atoms with van der Waals surface area (Å²) in [5, 5.41) is 33.7. The van der Waals surface area contributed by atoms with Crippen molar-refractivity contribution < 1.29 is 34.8 Å². The summed E-state index contributed by atoms with van der Waals surface area (Å²) in [5.41, 5.74) is 16.2. The van der Waals surface area contributed by atoms with Gasteiger partial charge in [0.1, 0.15) is 23.9 Å². The number of carboxylic acid groups (broad SMARTS) is 3. The Kier molecular flexibility index (Phi) is 14.1. The molecule has 28 heavy (non-hydrogen) atoms. The first-order valence-electron chi connectivity index (χ1n) is 8.56.